The van der Waals surface area contributed by atoms with Crippen molar-refractivity contribution in [1.29, 1.82) is 0 Å². The van der Waals surface area contributed by atoms with E-state index < -0.39 is 0 Å². The lowest BCUT2D eigenvalue weighted by Crippen LogP contribution is -2.28. The Balaban J connectivity index is 1.75. The first-order valence-electron chi connectivity index (χ1n) is 8.69. The van der Waals surface area contributed by atoms with Crippen LogP contribution < -0.4 is 4.74 Å². The van der Waals surface area contributed by atoms with Crippen molar-refractivity contribution in [2.24, 2.45) is 5.92 Å². The molecule has 0 aliphatic heterocycles. The Morgan fingerprint density at radius 3 is 2.68 bits per heavy atom. The molecule has 2 fully saturated rings. The van der Waals surface area contributed by atoms with E-state index in [1.165, 1.54) is 24.8 Å². The molecule has 0 unspecified atom stereocenters. The zero-order valence-electron chi connectivity index (χ0n) is 13.4. The van der Waals surface area contributed by atoms with Gasteiger partial charge in [-0.05, 0) is 44.1 Å². The second kappa shape index (κ2) is 7.17. The molecule has 1 aromatic rings. The summed E-state index contributed by atoms with van der Waals surface area (Å²) < 4.78 is 11.8. The van der Waals surface area contributed by atoms with Crippen molar-refractivity contribution in [3.8, 4) is 5.75 Å². The van der Waals surface area contributed by atoms with Crippen LogP contribution in [0.25, 0.3) is 0 Å². The van der Waals surface area contributed by atoms with Crippen LogP contribution in [0.1, 0.15) is 63.4 Å². The molecule has 2 saturated carbocycles. The van der Waals surface area contributed by atoms with E-state index in [0.717, 1.165) is 37.5 Å². The van der Waals surface area contributed by atoms with Gasteiger partial charge in [-0.15, -0.1) is 0 Å². The molecule has 0 aromatic heterocycles. The molecule has 0 saturated heterocycles. The smallest absolute Gasteiger partial charge is 0.305 e. The second-order valence-corrected chi connectivity index (χ2v) is 6.57. The van der Waals surface area contributed by atoms with Crippen LogP contribution in [0, 0.1) is 5.92 Å². The minimum atomic E-state index is -0.0896. The maximum Gasteiger partial charge on any atom is 0.305 e. The third kappa shape index (κ3) is 3.82. The predicted molar refractivity (Wildman–Crippen MR) is 86.0 cm³/mol. The van der Waals surface area contributed by atoms with Crippen molar-refractivity contribution in [2.45, 2.75) is 63.9 Å². The summed E-state index contributed by atoms with van der Waals surface area (Å²) in [5.41, 5.74) is 1.22. The molecule has 3 heteroatoms. The van der Waals surface area contributed by atoms with Crippen LogP contribution >= 0.6 is 0 Å². The first-order chi connectivity index (χ1) is 10.8. The number of para-hydroxylation sites is 1. The van der Waals surface area contributed by atoms with Gasteiger partial charge in [-0.3, -0.25) is 4.79 Å². The van der Waals surface area contributed by atoms with Crippen molar-refractivity contribution in [1.82, 2.24) is 0 Å². The molecule has 0 heterocycles. The molecule has 2 aliphatic rings. The standard InChI is InChI=1S/C19H26O3/c1-2-19(20)22-18-10-6-4-8-16(18)15-7-3-5-9-17(15)21-13-14-11-12-14/h3,5,7,9,14,16,18H,2,4,6,8,10-13H2,1H3/t16-,18+/m1/s1. The number of carbonyl (C=O) groups is 1. The lowest BCUT2D eigenvalue weighted by molar-refractivity contribution is -0.151. The van der Waals surface area contributed by atoms with Crippen LogP contribution in [0.3, 0.4) is 0 Å². The number of rotatable bonds is 6. The highest BCUT2D eigenvalue weighted by Gasteiger charge is 2.31. The quantitative estimate of drug-likeness (QED) is 0.728. The molecular formula is C19H26O3. The van der Waals surface area contributed by atoms with Gasteiger partial charge in [0.05, 0.1) is 6.61 Å². The summed E-state index contributed by atoms with van der Waals surface area (Å²) >= 11 is 0. The molecule has 0 spiro atoms. The van der Waals surface area contributed by atoms with Gasteiger partial charge in [-0.25, -0.2) is 0 Å². The Morgan fingerprint density at radius 2 is 1.91 bits per heavy atom. The van der Waals surface area contributed by atoms with E-state index in [1.807, 2.05) is 13.0 Å². The second-order valence-electron chi connectivity index (χ2n) is 6.57. The average Bonchev–Trinajstić information content (AvgIpc) is 3.38. The molecule has 3 nitrogen and oxygen atoms in total. The lowest BCUT2D eigenvalue weighted by Gasteiger charge is -2.32. The van der Waals surface area contributed by atoms with Crippen molar-refractivity contribution in [3.63, 3.8) is 0 Å². The summed E-state index contributed by atoms with van der Waals surface area (Å²) in [6.07, 6.45) is 7.42. The largest absolute Gasteiger partial charge is 0.493 e. The lowest BCUT2D eigenvalue weighted by atomic mass is 9.81. The van der Waals surface area contributed by atoms with Gasteiger partial charge in [0.2, 0.25) is 0 Å². The summed E-state index contributed by atoms with van der Waals surface area (Å²) in [5, 5.41) is 0. The maximum atomic E-state index is 11.7. The van der Waals surface area contributed by atoms with E-state index in [2.05, 4.69) is 18.2 Å². The van der Waals surface area contributed by atoms with E-state index >= 15 is 0 Å². The van der Waals surface area contributed by atoms with Gasteiger partial charge in [0, 0.05) is 17.9 Å². The molecule has 0 radical (unpaired) electrons. The summed E-state index contributed by atoms with van der Waals surface area (Å²) in [5.74, 6) is 1.92. The van der Waals surface area contributed by atoms with Gasteiger partial charge in [0.15, 0.2) is 0 Å². The van der Waals surface area contributed by atoms with Gasteiger partial charge >= 0.3 is 5.97 Å². The molecule has 3 rings (SSSR count). The van der Waals surface area contributed by atoms with Crippen LogP contribution in [0.4, 0.5) is 0 Å². The van der Waals surface area contributed by atoms with Gasteiger partial charge in [0.25, 0.3) is 0 Å². The molecular weight excluding hydrogens is 276 g/mol. The highest BCUT2D eigenvalue weighted by molar-refractivity contribution is 5.69. The molecule has 2 aliphatic carbocycles. The summed E-state index contributed by atoms with van der Waals surface area (Å²) in [6, 6.07) is 8.30. The van der Waals surface area contributed by atoms with E-state index in [4.69, 9.17) is 9.47 Å². The zero-order valence-corrected chi connectivity index (χ0v) is 13.4. The molecule has 120 valence electrons. The average molecular weight is 302 g/mol. The summed E-state index contributed by atoms with van der Waals surface area (Å²) in [7, 11) is 0. The third-order valence-corrected chi connectivity index (χ3v) is 4.76. The Bertz CT molecular complexity index is 507. The van der Waals surface area contributed by atoms with Crippen LogP contribution in [-0.4, -0.2) is 18.7 Å². The minimum absolute atomic E-state index is 0.00637. The first-order valence-corrected chi connectivity index (χ1v) is 8.69. The minimum Gasteiger partial charge on any atom is -0.493 e. The Kier molecular flexibility index (Phi) is 5.01. The number of benzene rings is 1. The van der Waals surface area contributed by atoms with Gasteiger partial charge < -0.3 is 9.47 Å². The number of hydrogen-bond donors (Lipinski definition) is 0. The van der Waals surface area contributed by atoms with Crippen molar-refractivity contribution < 1.29 is 14.3 Å². The van der Waals surface area contributed by atoms with Crippen molar-refractivity contribution >= 4 is 5.97 Å². The predicted octanol–water partition coefficient (Wildman–Crippen LogP) is 4.45. The van der Waals surface area contributed by atoms with Gasteiger partial charge in [0.1, 0.15) is 11.9 Å². The van der Waals surface area contributed by atoms with Gasteiger partial charge in [-0.2, -0.15) is 0 Å². The number of ether oxygens (including phenoxy) is 2. The summed E-state index contributed by atoms with van der Waals surface area (Å²) in [6.45, 7) is 2.68. The highest BCUT2D eigenvalue weighted by Crippen LogP contribution is 2.40. The highest BCUT2D eigenvalue weighted by atomic mass is 16.5. The number of esters is 1. The van der Waals surface area contributed by atoms with E-state index in [-0.39, 0.29) is 18.0 Å². The Hall–Kier alpha value is -1.51. The Morgan fingerprint density at radius 1 is 1.14 bits per heavy atom. The van der Waals surface area contributed by atoms with Crippen LogP contribution in [0.2, 0.25) is 0 Å². The van der Waals surface area contributed by atoms with Gasteiger partial charge in [-0.1, -0.05) is 31.5 Å². The molecule has 22 heavy (non-hydrogen) atoms. The number of hydrogen-bond acceptors (Lipinski definition) is 3. The molecule has 1 aromatic carbocycles. The van der Waals surface area contributed by atoms with Crippen LogP contribution in [-0.2, 0) is 9.53 Å². The fraction of sp³-hybridized carbons (Fsp3) is 0.632. The van der Waals surface area contributed by atoms with Crippen molar-refractivity contribution in [2.75, 3.05) is 6.61 Å². The normalized spacial score (nSPS) is 24.8. The van der Waals surface area contributed by atoms with Crippen LogP contribution in [0.5, 0.6) is 5.75 Å². The van der Waals surface area contributed by atoms with E-state index in [1.54, 1.807) is 0 Å². The van der Waals surface area contributed by atoms with E-state index in [9.17, 15) is 4.79 Å². The Labute approximate surface area is 133 Å². The van der Waals surface area contributed by atoms with Crippen LogP contribution in [0.15, 0.2) is 24.3 Å². The molecule has 0 bridgehead atoms. The molecule has 0 amide bonds. The molecule has 2 atom stereocenters. The third-order valence-electron chi connectivity index (χ3n) is 4.76. The molecule has 0 N–H and O–H groups in total. The van der Waals surface area contributed by atoms with Crippen molar-refractivity contribution in [3.05, 3.63) is 29.8 Å². The number of carbonyl (C=O) groups excluding carboxylic acids is 1. The topological polar surface area (TPSA) is 35.5 Å². The fourth-order valence-corrected chi connectivity index (χ4v) is 3.26. The van der Waals surface area contributed by atoms with E-state index in [0.29, 0.717) is 6.42 Å². The fourth-order valence-electron chi connectivity index (χ4n) is 3.26. The summed E-state index contributed by atoms with van der Waals surface area (Å²) in [4.78, 5) is 11.7. The SMILES string of the molecule is CCC(=O)O[C@H]1CCCC[C@@H]1c1ccccc1OCC1CC1. The first kappa shape index (κ1) is 15.4. The zero-order chi connectivity index (χ0) is 15.4. The maximum absolute atomic E-state index is 11.7. The monoisotopic (exact) mass is 302 g/mol.